The predicted molar refractivity (Wildman–Crippen MR) is 229 cm³/mol. The lowest BCUT2D eigenvalue weighted by Crippen LogP contribution is -2.65. The van der Waals surface area contributed by atoms with E-state index in [1.165, 1.54) is 16.7 Å². The Balaban J connectivity index is 1.52. The minimum atomic E-state index is -1.22. The van der Waals surface area contributed by atoms with Crippen LogP contribution in [0.1, 0.15) is 103 Å². The summed E-state index contributed by atoms with van der Waals surface area (Å²) in [6.45, 7) is 14.4. The second-order valence-electron chi connectivity index (χ2n) is 17.7. The van der Waals surface area contributed by atoms with E-state index in [2.05, 4.69) is 86.6 Å². The molecule has 4 bridgehead atoms. The van der Waals surface area contributed by atoms with Gasteiger partial charge < -0.3 is 31.1 Å². The molecule has 1 aliphatic heterocycles. The van der Waals surface area contributed by atoms with Gasteiger partial charge in [-0.1, -0.05) is 110 Å². The van der Waals surface area contributed by atoms with Crippen molar-refractivity contribution >= 4 is 6.29 Å². The zero-order chi connectivity index (χ0) is 40.5. The Kier molecular flexibility index (Phi) is 15.9. The molecule has 0 saturated heterocycles. The molecule has 1 spiro atoms. The number of allylic oxidation sites excluding steroid dienone is 9. The van der Waals surface area contributed by atoms with Crippen molar-refractivity contribution in [1.82, 2.24) is 10.6 Å². The average molecular weight is 769 g/mol. The quantitative estimate of drug-likeness (QED) is 0.0359. The van der Waals surface area contributed by atoms with Gasteiger partial charge in [0.15, 0.2) is 0 Å². The van der Waals surface area contributed by atoms with Crippen LogP contribution >= 0.6 is 0 Å². The molecule has 7 heteroatoms. The van der Waals surface area contributed by atoms with E-state index in [0.29, 0.717) is 56.7 Å². The fourth-order valence-electron chi connectivity index (χ4n) is 10.9. The molecule has 1 heterocycles. The van der Waals surface area contributed by atoms with Crippen LogP contribution in [0.5, 0.6) is 0 Å². The van der Waals surface area contributed by atoms with Gasteiger partial charge in [0.25, 0.3) is 0 Å². The normalized spacial score (nSPS) is 33.8. The third-order valence-corrected chi connectivity index (χ3v) is 13.9. The highest BCUT2D eigenvalue weighted by atomic mass is 16.3. The second kappa shape index (κ2) is 20.2. The summed E-state index contributed by atoms with van der Waals surface area (Å²) < 4.78 is 0. The maximum absolute atomic E-state index is 13.0. The average Bonchev–Trinajstić information content (AvgIpc) is 3.52. The molecule has 0 amide bonds. The molecule has 308 valence electrons. The number of carbonyl (C=O) groups is 1. The Morgan fingerprint density at radius 3 is 2.66 bits per heavy atom. The lowest BCUT2D eigenvalue weighted by molar-refractivity contribution is -0.194. The van der Waals surface area contributed by atoms with Crippen molar-refractivity contribution in [2.24, 2.45) is 35.0 Å². The molecule has 10 unspecified atom stereocenters. The van der Waals surface area contributed by atoms with Gasteiger partial charge in [0.1, 0.15) is 6.29 Å². The fourth-order valence-corrected chi connectivity index (χ4v) is 10.9. The lowest BCUT2D eigenvalue weighted by Gasteiger charge is -2.61. The number of benzene rings is 1. The highest BCUT2D eigenvalue weighted by molar-refractivity contribution is 5.74. The van der Waals surface area contributed by atoms with E-state index in [1.54, 1.807) is 0 Å². The van der Waals surface area contributed by atoms with E-state index in [4.69, 9.17) is 0 Å². The Hall–Kier alpha value is -2.91. The van der Waals surface area contributed by atoms with Crippen LogP contribution in [0.3, 0.4) is 0 Å². The van der Waals surface area contributed by atoms with Gasteiger partial charge in [-0.2, -0.15) is 0 Å². The van der Waals surface area contributed by atoms with E-state index in [1.807, 2.05) is 26.1 Å². The topological polar surface area (TPSA) is 122 Å². The molecule has 5 rings (SSSR count). The summed E-state index contributed by atoms with van der Waals surface area (Å²) in [5.41, 5.74) is 5.25. The van der Waals surface area contributed by atoms with E-state index < -0.39 is 23.2 Å². The third kappa shape index (κ3) is 9.68. The first-order chi connectivity index (χ1) is 26.9. The van der Waals surface area contributed by atoms with Crippen LogP contribution in [0.15, 0.2) is 95.2 Å². The molecule has 6 N–H and O–H groups in total. The fraction of sp³-hybridized carbons (Fsp3) is 0.612. The summed E-state index contributed by atoms with van der Waals surface area (Å²) in [6, 6.07) is 9.32. The van der Waals surface area contributed by atoms with Crippen LogP contribution in [-0.2, 0) is 17.6 Å². The molecule has 1 aromatic carbocycles. The number of unbranched alkanes of at least 4 members (excludes halogenated alkanes) is 2. The summed E-state index contributed by atoms with van der Waals surface area (Å²) in [5.74, 6) is -0.741. The van der Waals surface area contributed by atoms with Crippen molar-refractivity contribution < 1.29 is 25.2 Å². The lowest BCUT2D eigenvalue weighted by atomic mass is 9.45. The Bertz CT molecular complexity index is 1660. The third-order valence-electron chi connectivity index (χ3n) is 13.9. The highest BCUT2D eigenvalue weighted by Crippen LogP contribution is 2.67. The molecule has 7 nitrogen and oxygen atoms in total. The second-order valence-corrected chi connectivity index (χ2v) is 17.7. The molecular weight excluding hydrogens is 697 g/mol. The minimum absolute atomic E-state index is 0.0258. The van der Waals surface area contributed by atoms with Crippen LogP contribution in [-0.4, -0.2) is 77.3 Å². The largest absolute Gasteiger partial charge is 0.396 e. The monoisotopic (exact) mass is 769 g/mol. The number of aliphatic hydroxyl groups excluding tert-OH is 3. The summed E-state index contributed by atoms with van der Waals surface area (Å²) in [4.78, 5) is 12.4. The molecular formula is C49H72N2O5. The van der Waals surface area contributed by atoms with Gasteiger partial charge in [-0.3, -0.25) is 4.79 Å². The smallest absolute Gasteiger partial charge is 0.145 e. The van der Waals surface area contributed by atoms with Crippen molar-refractivity contribution in [2.45, 2.75) is 129 Å². The van der Waals surface area contributed by atoms with Crippen molar-refractivity contribution in [3.05, 3.63) is 106 Å². The number of hydrogen-bond acceptors (Lipinski definition) is 7. The highest BCUT2D eigenvalue weighted by Gasteiger charge is 2.68. The number of carbonyl (C=O) groups excluding carboxylic acids is 1. The number of fused-ring (bicyclic) bond motifs is 5. The van der Waals surface area contributed by atoms with Gasteiger partial charge in [-0.15, -0.1) is 0 Å². The first kappa shape index (κ1) is 44.2. The van der Waals surface area contributed by atoms with E-state index in [9.17, 15) is 25.2 Å². The Morgan fingerprint density at radius 1 is 1.18 bits per heavy atom. The van der Waals surface area contributed by atoms with Crippen LogP contribution in [0.25, 0.3) is 0 Å². The van der Waals surface area contributed by atoms with E-state index in [0.717, 1.165) is 68.1 Å². The summed E-state index contributed by atoms with van der Waals surface area (Å²) in [5, 5.41) is 55.0. The summed E-state index contributed by atoms with van der Waals surface area (Å²) in [7, 11) is 1.88. The number of aldehydes is 1. The van der Waals surface area contributed by atoms with Crippen LogP contribution in [0, 0.1) is 35.0 Å². The van der Waals surface area contributed by atoms with Gasteiger partial charge in [-0.05, 0) is 132 Å². The maximum Gasteiger partial charge on any atom is 0.145 e. The Morgan fingerprint density at radius 2 is 1.95 bits per heavy atom. The van der Waals surface area contributed by atoms with Crippen molar-refractivity contribution in [3.8, 4) is 0 Å². The van der Waals surface area contributed by atoms with Gasteiger partial charge in [0.05, 0.1) is 17.8 Å². The van der Waals surface area contributed by atoms with Gasteiger partial charge >= 0.3 is 0 Å². The van der Waals surface area contributed by atoms with Crippen molar-refractivity contribution in [2.75, 3.05) is 26.7 Å². The molecule has 2 fully saturated rings. The zero-order valence-electron chi connectivity index (χ0n) is 35.0. The van der Waals surface area contributed by atoms with E-state index >= 15 is 0 Å². The SMILES string of the molecule is C=C(C=CC=C(C(O)CCCCC)C1CCC2(C1O)C1C(=C(C)C=O)C(C=CC1CCO)CC2(O)CCNC)C1CC=C(C)CNC(C)Cc2cccc(c2)C1. The number of rotatable bonds is 15. The predicted octanol–water partition coefficient (Wildman–Crippen LogP) is 7.51. The summed E-state index contributed by atoms with van der Waals surface area (Å²) in [6.07, 6.45) is 20.7. The maximum atomic E-state index is 13.0. The first-order valence-electron chi connectivity index (χ1n) is 21.6. The molecule has 10 atom stereocenters. The number of aliphatic hydroxyl groups is 4. The zero-order valence-corrected chi connectivity index (χ0v) is 35.0. The number of hydrogen-bond donors (Lipinski definition) is 6. The van der Waals surface area contributed by atoms with Gasteiger partial charge in [0, 0.05) is 36.4 Å². The van der Waals surface area contributed by atoms with Gasteiger partial charge in [0.2, 0.25) is 0 Å². The molecule has 4 aliphatic rings. The first-order valence-corrected chi connectivity index (χ1v) is 21.6. The summed E-state index contributed by atoms with van der Waals surface area (Å²) >= 11 is 0. The van der Waals surface area contributed by atoms with Gasteiger partial charge in [-0.25, -0.2) is 0 Å². The minimum Gasteiger partial charge on any atom is -0.396 e. The molecule has 2 saturated carbocycles. The van der Waals surface area contributed by atoms with Crippen molar-refractivity contribution in [1.29, 1.82) is 0 Å². The molecule has 56 heavy (non-hydrogen) atoms. The van der Waals surface area contributed by atoms with Crippen LogP contribution in [0.4, 0.5) is 0 Å². The van der Waals surface area contributed by atoms with E-state index in [-0.39, 0.29) is 36.2 Å². The number of nitrogens with one attached hydrogen (secondary N) is 2. The molecule has 1 aromatic rings. The van der Waals surface area contributed by atoms with Crippen LogP contribution < -0.4 is 10.6 Å². The Labute approximate surface area is 337 Å². The molecule has 3 aliphatic carbocycles. The molecule has 0 aromatic heterocycles. The van der Waals surface area contributed by atoms with Crippen LogP contribution in [0.2, 0.25) is 0 Å². The van der Waals surface area contributed by atoms with Crippen molar-refractivity contribution in [3.63, 3.8) is 0 Å². The molecule has 0 radical (unpaired) electrons. The standard InChI is InChI=1S/C49H72N2O5/c1-7-8-9-16-44(54)42(15-10-12-34(3)40-18-17-33(2)31-51-36(5)27-37-13-11-14-38(28-37)29-40)43-21-23-49(47(43)55)46-39(22-26-52)19-20-41(45(46)35(4)32-53)30-48(49,56)24-25-50-6/h10-15,17,19-20,28,32,36,39-41,43-44,46-47,50-52,54-56H,3,7-9,16,18,21-27,29-31H2,1-2,4-6H3.